The van der Waals surface area contributed by atoms with Gasteiger partial charge in [0.15, 0.2) is 0 Å². The quantitative estimate of drug-likeness (QED) is 0.744. The molecule has 2 heterocycles. The van der Waals surface area contributed by atoms with Crippen LogP contribution in [0, 0.1) is 5.92 Å². The number of hydrogen-bond acceptors (Lipinski definition) is 5. The molecule has 1 aromatic heterocycles. The molecule has 6 heteroatoms. The predicted molar refractivity (Wildman–Crippen MR) is 92.9 cm³/mol. The molecule has 1 atom stereocenters. The summed E-state index contributed by atoms with van der Waals surface area (Å²) in [5.74, 6) is 1.76. The van der Waals surface area contributed by atoms with Crippen LogP contribution < -0.4 is 4.74 Å². The van der Waals surface area contributed by atoms with Crippen LogP contribution in [-0.2, 0) is 13.0 Å². The Hall–Kier alpha value is -1.95. The molecule has 24 heavy (non-hydrogen) atoms. The average molecular weight is 329 g/mol. The second kappa shape index (κ2) is 8.78. The highest BCUT2D eigenvalue weighted by atomic mass is 16.5. The lowest BCUT2D eigenvalue weighted by Gasteiger charge is -2.32. The number of likely N-dealkylation sites (tertiary alicyclic amines) is 1. The zero-order valence-electron chi connectivity index (χ0n) is 14.5. The van der Waals surface area contributed by atoms with Gasteiger partial charge in [-0.1, -0.05) is 12.1 Å². The summed E-state index contributed by atoms with van der Waals surface area (Å²) in [4.78, 5) is 2.60. The highest BCUT2D eigenvalue weighted by Gasteiger charge is 2.19. The number of piperidine rings is 1. The van der Waals surface area contributed by atoms with E-state index in [0.29, 0.717) is 0 Å². The van der Waals surface area contributed by atoms with E-state index >= 15 is 0 Å². The summed E-state index contributed by atoms with van der Waals surface area (Å²) in [5.41, 5.74) is 1.38. The van der Waals surface area contributed by atoms with E-state index in [0.717, 1.165) is 37.6 Å². The second-order valence-electron chi connectivity index (χ2n) is 6.63. The summed E-state index contributed by atoms with van der Waals surface area (Å²) < 4.78 is 7.12. The fourth-order valence-corrected chi connectivity index (χ4v) is 3.53. The maximum Gasteiger partial charge on any atom is 0.138 e. The van der Waals surface area contributed by atoms with E-state index in [4.69, 9.17) is 4.74 Å². The zero-order chi connectivity index (χ0) is 16.6. The lowest BCUT2D eigenvalue weighted by atomic mass is 9.91. The third-order valence-corrected chi connectivity index (χ3v) is 4.83. The van der Waals surface area contributed by atoms with E-state index in [1.165, 1.54) is 37.9 Å². The van der Waals surface area contributed by atoms with Crippen molar-refractivity contribution in [3.05, 3.63) is 36.2 Å². The minimum absolute atomic E-state index is 0.804. The molecular formula is C18H27N5O. The normalized spacial score (nSPS) is 18.6. The standard InChI is InChI=1S/C18H27N5O/c1-24-18-7-2-5-16(13-18)8-9-17-6-3-10-22(14-17)11-4-12-23-15-19-20-21-23/h2,5,7,13,15,17H,3-4,6,8-12,14H2,1H3/t17-/m0/s1. The van der Waals surface area contributed by atoms with Crippen LogP contribution in [0.15, 0.2) is 30.6 Å². The molecule has 3 rings (SSSR count). The van der Waals surface area contributed by atoms with Gasteiger partial charge in [0.1, 0.15) is 12.1 Å². The minimum atomic E-state index is 0.804. The van der Waals surface area contributed by atoms with Crippen LogP contribution in [0.4, 0.5) is 0 Å². The second-order valence-corrected chi connectivity index (χ2v) is 6.63. The van der Waals surface area contributed by atoms with Crippen LogP contribution in [-0.4, -0.2) is 51.9 Å². The summed E-state index contributed by atoms with van der Waals surface area (Å²) in [7, 11) is 1.73. The molecular weight excluding hydrogens is 302 g/mol. The van der Waals surface area contributed by atoms with Crippen molar-refractivity contribution in [1.82, 2.24) is 25.1 Å². The Morgan fingerprint density at radius 3 is 3.08 bits per heavy atom. The highest BCUT2D eigenvalue weighted by molar-refractivity contribution is 5.28. The fraction of sp³-hybridized carbons (Fsp3) is 0.611. The molecule has 1 aromatic carbocycles. The Morgan fingerprint density at radius 2 is 2.25 bits per heavy atom. The van der Waals surface area contributed by atoms with Gasteiger partial charge in [-0.25, -0.2) is 4.68 Å². The van der Waals surface area contributed by atoms with Crippen molar-refractivity contribution in [3.63, 3.8) is 0 Å². The van der Waals surface area contributed by atoms with E-state index in [1.807, 2.05) is 10.7 Å². The first-order valence-electron chi connectivity index (χ1n) is 8.89. The van der Waals surface area contributed by atoms with Crippen molar-refractivity contribution in [2.24, 2.45) is 5.92 Å². The van der Waals surface area contributed by atoms with Gasteiger partial charge < -0.3 is 9.64 Å². The van der Waals surface area contributed by atoms with Gasteiger partial charge in [0.25, 0.3) is 0 Å². The molecule has 6 nitrogen and oxygen atoms in total. The number of aryl methyl sites for hydroxylation is 2. The highest BCUT2D eigenvalue weighted by Crippen LogP contribution is 2.23. The summed E-state index contributed by atoms with van der Waals surface area (Å²) in [6.45, 7) is 4.48. The van der Waals surface area contributed by atoms with Gasteiger partial charge in [-0.05, 0) is 79.2 Å². The molecule has 0 bridgehead atoms. The van der Waals surface area contributed by atoms with Crippen LogP contribution >= 0.6 is 0 Å². The van der Waals surface area contributed by atoms with Crippen LogP contribution in [0.3, 0.4) is 0 Å². The number of ether oxygens (including phenoxy) is 1. The van der Waals surface area contributed by atoms with Crippen LogP contribution in [0.25, 0.3) is 0 Å². The number of hydrogen-bond donors (Lipinski definition) is 0. The van der Waals surface area contributed by atoms with Gasteiger partial charge in [0, 0.05) is 13.1 Å². The molecule has 130 valence electrons. The maximum atomic E-state index is 5.31. The average Bonchev–Trinajstić information content (AvgIpc) is 3.14. The Kier molecular flexibility index (Phi) is 6.18. The number of nitrogens with zero attached hydrogens (tertiary/aromatic N) is 5. The lowest BCUT2D eigenvalue weighted by Crippen LogP contribution is -2.36. The van der Waals surface area contributed by atoms with Gasteiger partial charge >= 0.3 is 0 Å². The first-order chi connectivity index (χ1) is 11.8. The Bertz CT molecular complexity index is 601. The topological polar surface area (TPSA) is 56.1 Å². The first-order valence-corrected chi connectivity index (χ1v) is 8.89. The molecule has 0 amide bonds. The molecule has 0 spiro atoms. The van der Waals surface area contributed by atoms with Gasteiger partial charge in [-0.3, -0.25) is 0 Å². The largest absolute Gasteiger partial charge is 0.497 e. The number of aromatic nitrogens is 4. The molecule has 1 aliphatic heterocycles. The zero-order valence-corrected chi connectivity index (χ0v) is 14.5. The molecule has 0 aliphatic carbocycles. The fourth-order valence-electron chi connectivity index (χ4n) is 3.53. The minimum Gasteiger partial charge on any atom is -0.497 e. The van der Waals surface area contributed by atoms with Crippen LogP contribution in [0.5, 0.6) is 5.75 Å². The van der Waals surface area contributed by atoms with Gasteiger partial charge in [-0.2, -0.15) is 0 Å². The molecule has 1 aliphatic rings. The lowest BCUT2D eigenvalue weighted by molar-refractivity contribution is 0.164. The smallest absolute Gasteiger partial charge is 0.138 e. The predicted octanol–water partition coefficient (Wildman–Crippen LogP) is 2.42. The summed E-state index contributed by atoms with van der Waals surface area (Å²) in [5, 5.41) is 11.3. The number of methoxy groups -OCH3 is 1. The molecule has 2 aromatic rings. The maximum absolute atomic E-state index is 5.31. The molecule has 0 saturated carbocycles. The van der Waals surface area contributed by atoms with Crippen molar-refractivity contribution in [2.45, 2.75) is 38.6 Å². The van der Waals surface area contributed by atoms with Crippen molar-refractivity contribution in [3.8, 4) is 5.75 Å². The SMILES string of the molecule is COc1cccc(CC[C@@H]2CCCN(CCCn3cnnn3)C2)c1. The van der Waals surface area contributed by atoms with Crippen molar-refractivity contribution in [2.75, 3.05) is 26.7 Å². The number of benzene rings is 1. The number of tetrazole rings is 1. The monoisotopic (exact) mass is 329 g/mol. The summed E-state index contributed by atoms with van der Waals surface area (Å²) in [6, 6.07) is 8.46. The Morgan fingerprint density at radius 1 is 1.29 bits per heavy atom. The third kappa shape index (κ3) is 5.03. The Labute approximate surface area is 143 Å². The molecule has 0 radical (unpaired) electrons. The van der Waals surface area contributed by atoms with Crippen LogP contribution in [0.2, 0.25) is 0 Å². The van der Waals surface area contributed by atoms with Crippen molar-refractivity contribution >= 4 is 0 Å². The molecule has 0 unspecified atom stereocenters. The van der Waals surface area contributed by atoms with Crippen molar-refractivity contribution in [1.29, 1.82) is 0 Å². The van der Waals surface area contributed by atoms with E-state index < -0.39 is 0 Å². The van der Waals surface area contributed by atoms with Gasteiger partial charge in [0.05, 0.1) is 7.11 Å². The van der Waals surface area contributed by atoms with Gasteiger partial charge in [0.2, 0.25) is 0 Å². The third-order valence-electron chi connectivity index (χ3n) is 4.83. The molecule has 0 N–H and O–H groups in total. The van der Waals surface area contributed by atoms with E-state index in [2.05, 4.69) is 38.6 Å². The first kappa shape index (κ1) is 16.9. The van der Waals surface area contributed by atoms with Crippen molar-refractivity contribution < 1.29 is 4.74 Å². The summed E-state index contributed by atoms with van der Waals surface area (Å²) in [6.07, 6.45) is 7.86. The molecule has 1 saturated heterocycles. The van der Waals surface area contributed by atoms with E-state index in [9.17, 15) is 0 Å². The van der Waals surface area contributed by atoms with Gasteiger partial charge in [-0.15, -0.1) is 5.10 Å². The van der Waals surface area contributed by atoms with E-state index in [-0.39, 0.29) is 0 Å². The Balaban J connectivity index is 1.40. The van der Waals surface area contributed by atoms with Crippen LogP contribution in [0.1, 0.15) is 31.2 Å². The van der Waals surface area contributed by atoms with E-state index in [1.54, 1.807) is 13.4 Å². The molecule has 1 fully saturated rings. The summed E-state index contributed by atoms with van der Waals surface area (Å²) >= 11 is 0. The number of rotatable bonds is 8.